The zero-order valence-corrected chi connectivity index (χ0v) is 16.7. The standard InChI is InChI=1S/C23H17NO7/c1-27-16-6-3-5-15(13-16)21-24-17(22(25)31-21)11-14-8-9-18(20(12-14)28-2)30-23(26)19-7-4-10-29-19/h3-13H,1-2H3/b17-11-. The lowest BCUT2D eigenvalue weighted by Gasteiger charge is -2.09. The van der Waals surface area contributed by atoms with Crippen LogP contribution < -0.4 is 14.2 Å². The van der Waals surface area contributed by atoms with Crippen molar-refractivity contribution in [2.45, 2.75) is 0 Å². The lowest BCUT2D eigenvalue weighted by Crippen LogP contribution is -2.08. The van der Waals surface area contributed by atoms with Crippen molar-refractivity contribution in [3.8, 4) is 17.2 Å². The summed E-state index contributed by atoms with van der Waals surface area (Å²) in [5.74, 6) is 0.162. The SMILES string of the molecule is COc1cccc(C2=N/C(=C\c3ccc(OC(=O)c4ccco4)c(OC)c3)C(=O)O2)c1. The average Bonchev–Trinajstić information content (AvgIpc) is 3.45. The Balaban J connectivity index is 1.58. The van der Waals surface area contributed by atoms with Crippen LogP contribution in [0.15, 0.2) is 76.0 Å². The molecule has 2 heterocycles. The van der Waals surface area contributed by atoms with E-state index in [4.69, 9.17) is 23.4 Å². The molecule has 31 heavy (non-hydrogen) atoms. The summed E-state index contributed by atoms with van der Waals surface area (Å²) in [5, 5.41) is 0. The molecule has 1 aliphatic rings. The molecule has 1 aromatic heterocycles. The van der Waals surface area contributed by atoms with Gasteiger partial charge in [0.05, 0.1) is 20.5 Å². The monoisotopic (exact) mass is 419 g/mol. The van der Waals surface area contributed by atoms with E-state index in [1.165, 1.54) is 19.4 Å². The zero-order valence-electron chi connectivity index (χ0n) is 16.7. The minimum Gasteiger partial charge on any atom is -0.497 e. The third-order valence-electron chi connectivity index (χ3n) is 4.35. The van der Waals surface area contributed by atoms with Crippen LogP contribution in [0, 0.1) is 0 Å². The Hall–Kier alpha value is -4.33. The van der Waals surface area contributed by atoms with E-state index in [1.54, 1.807) is 61.7 Å². The molecular formula is C23H17NO7. The number of nitrogens with zero attached hydrogens (tertiary/aromatic N) is 1. The zero-order chi connectivity index (χ0) is 21.8. The van der Waals surface area contributed by atoms with Crippen molar-refractivity contribution in [1.82, 2.24) is 0 Å². The summed E-state index contributed by atoms with van der Waals surface area (Å²) in [6.45, 7) is 0. The van der Waals surface area contributed by atoms with Gasteiger partial charge < -0.3 is 23.4 Å². The summed E-state index contributed by atoms with van der Waals surface area (Å²) in [6.07, 6.45) is 2.93. The van der Waals surface area contributed by atoms with E-state index < -0.39 is 11.9 Å². The average molecular weight is 419 g/mol. The van der Waals surface area contributed by atoms with Crippen LogP contribution in [0.1, 0.15) is 21.7 Å². The smallest absolute Gasteiger partial charge is 0.379 e. The maximum atomic E-state index is 12.3. The van der Waals surface area contributed by atoms with Gasteiger partial charge in [-0.05, 0) is 54.1 Å². The molecule has 0 saturated heterocycles. The van der Waals surface area contributed by atoms with Crippen LogP contribution in [0.5, 0.6) is 17.2 Å². The molecule has 0 bridgehead atoms. The molecule has 8 nitrogen and oxygen atoms in total. The van der Waals surface area contributed by atoms with E-state index in [0.29, 0.717) is 22.6 Å². The highest BCUT2D eigenvalue weighted by Crippen LogP contribution is 2.30. The first-order valence-corrected chi connectivity index (χ1v) is 9.18. The van der Waals surface area contributed by atoms with Gasteiger partial charge in [0.1, 0.15) is 5.75 Å². The highest BCUT2D eigenvalue weighted by atomic mass is 16.6. The summed E-state index contributed by atoms with van der Waals surface area (Å²) in [7, 11) is 3.00. The second-order valence-corrected chi connectivity index (χ2v) is 6.35. The van der Waals surface area contributed by atoms with Crippen LogP contribution in [0.3, 0.4) is 0 Å². The Morgan fingerprint density at radius 2 is 1.87 bits per heavy atom. The number of ether oxygens (including phenoxy) is 4. The summed E-state index contributed by atoms with van der Waals surface area (Å²) in [6, 6.07) is 15.0. The Bertz CT molecular complexity index is 1190. The van der Waals surface area contributed by atoms with E-state index in [2.05, 4.69) is 4.99 Å². The predicted molar refractivity (Wildman–Crippen MR) is 110 cm³/mol. The predicted octanol–water partition coefficient (Wildman–Crippen LogP) is 3.86. The van der Waals surface area contributed by atoms with E-state index in [-0.39, 0.29) is 23.1 Å². The fourth-order valence-electron chi connectivity index (χ4n) is 2.85. The number of furan rings is 1. The molecule has 0 aliphatic carbocycles. The molecule has 0 saturated carbocycles. The molecule has 0 radical (unpaired) electrons. The second-order valence-electron chi connectivity index (χ2n) is 6.35. The minimum atomic E-state index is -0.652. The van der Waals surface area contributed by atoms with E-state index in [1.807, 2.05) is 0 Å². The molecule has 156 valence electrons. The van der Waals surface area contributed by atoms with Crippen LogP contribution in [0.25, 0.3) is 6.08 Å². The third-order valence-corrected chi connectivity index (χ3v) is 4.35. The Morgan fingerprint density at radius 1 is 1.00 bits per heavy atom. The second kappa shape index (κ2) is 8.58. The summed E-state index contributed by atoms with van der Waals surface area (Å²) in [4.78, 5) is 28.6. The molecule has 1 aliphatic heterocycles. The normalized spacial score (nSPS) is 14.2. The highest BCUT2D eigenvalue weighted by Gasteiger charge is 2.24. The van der Waals surface area contributed by atoms with Gasteiger partial charge in [-0.2, -0.15) is 0 Å². The van der Waals surface area contributed by atoms with Gasteiger partial charge in [0.15, 0.2) is 17.2 Å². The number of esters is 2. The van der Waals surface area contributed by atoms with Crippen LogP contribution in [-0.4, -0.2) is 32.1 Å². The Kier molecular flexibility index (Phi) is 5.53. The molecule has 2 aromatic carbocycles. The van der Waals surface area contributed by atoms with E-state index in [9.17, 15) is 9.59 Å². The Labute approximate surface area is 177 Å². The van der Waals surface area contributed by atoms with Crippen molar-refractivity contribution in [2.24, 2.45) is 4.99 Å². The Morgan fingerprint density at radius 3 is 2.61 bits per heavy atom. The number of cyclic esters (lactones) is 1. The van der Waals surface area contributed by atoms with Gasteiger partial charge in [-0.3, -0.25) is 0 Å². The van der Waals surface area contributed by atoms with Gasteiger partial charge in [0, 0.05) is 5.56 Å². The summed E-state index contributed by atoms with van der Waals surface area (Å²) >= 11 is 0. The molecule has 8 heteroatoms. The maximum Gasteiger partial charge on any atom is 0.379 e. The third kappa shape index (κ3) is 4.32. The molecule has 0 amide bonds. The van der Waals surface area contributed by atoms with Crippen molar-refractivity contribution >= 4 is 23.9 Å². The van der Waals surface area contributed by atoms with E-state index >= 15 is 0 Å². The van der Waals surface area contributed by atoms with Crippen molar-refractivity contribution in [2.75, 3.05) is 14.2 Å². The minimum absolute atomic E-state index is 0.0707. The number of carbonyl (C=O) groups excluding carboxylic acids is 2. The van der Waals surface area contributed by atoms with Gasteiger partial charge in [0.25, 0.3) is 0 Å². The van der Waals surface area contributed by atoms with Gasteiger partial charge in [-0.15, -0.1) is 0 Å². The van der Waals surface area contributed by atoms with Crippen LogP contribution in [-0.2, 0) is 9.53 Å². The highest BCUT2D eigenvalue weighted by molar-refractivity contribution is 6.13. The van der Waals surface area contributed by atoms with Crippen molar-refractivity contribution in [3.63, 3.8) is 0 Å². The number of rotatable bonds is 6. The largest absolute Gasteiger partial charge is 0.497 e. The number of hydrogen-bond donors (Lipinski definition) is 0. The first-order chi connectivity index (χ1) is 15.1. The number of hydrogen-bond acceptors (Lipinski definition) is 8. The van der Waals surface area contributed by atoms with Crippen LogP contribution >= 0.6 is 0 Å². The lowest BCUT2D eigenvalue weighted by molar-refractivity contribution is -0.129. The number of methoxy groups -OCH3 is 2. The van der Waals surface area contributed by atoms with Crippen LogP contribution in [0.2, 0.25) is 0 Å². The first kappa shape index (κ1) is 20.0. The molecule has 0 unspecified atom stereocenters. The number of carbonyl (C=O) groups is 2. The van der Waals surface area contributed by atoms with Crippen molar-refractivity contribution in [3.05, 3.63) is 83.4 Å². The quantitative estimate of drug-likeness (QED) is 0.340. The summed E-state index contributed by atoms with van der Waals surface area (Å²) < 4.78 is 26.1. The molecule has 0 N–H and O–H groups in total. The lowest BCUT2D eigenvalue weighted by atomic mass is 10.1. The van der Waals surface area contributed by atoms with Crippen LogP contribution in [0.4, 0.5) is 0 Å². The molecule has 0 spiro atoms. The molecule has 3 aromatic rings. The number of aliphatic imine (C=N–C) groups is 1. The maximum absolute atomic E-state index is 12.3. The molecular weight excluding hydrogens is 402 g/mol. The van der Waals surface area contributed by atoms with E-state index in [0.717, 1.165) is 0 Å². The molecule has 4 rings (SSSR count). The summed E-state index contributed by atoms with van der Waals surface area (Å²) in [5.41, 5.74) is 1.35. The van der Waals surface area contributed by atoms with Gasteiger partial charge in [-0.25, -0.2) is 14.6 Å². The fraction of sp³-hybridized carbons (Fsp3) is 0.0870. The van der Waals surface area contributed by atoms with Crippen molar-refractivity contribution < 1.29 is 33.0 Å². The van der Waals surface area contributed by atoms with Gasteiger partial charge >= 0.3 is 11.9 Å². The fourth-order valence-corrected chi connectivity index (χ4v) is 2.85. The molecule has 0 fully saturated rings. The van der Waals surface area contributed by atoms with Gasteiger partial charge in [0.2, 0.25) is 11.7 Å². The number of benzene rings is 2. The van der Waals surface area contributed by atoms with Gasteiger partial charge in [-0.1, -0.05) is 12.1 Å². The van der Waals surface area contributed by atoms with Crippen molar-refractivity contribution in [1.29, 1.82) is 0 Å². The topological polar surface area (TPSA) is 96.6 Å². The first-order valence-electron chi connectivity index (χ1n) is 9.18. The molecule has 0 atom stereocenters.